The van der Waals surface area contributed by atoms with E-state index in [1.807, 2.05) is 42.5 Å². The maximum Gasteiger partial charge on any atom is 0.309 e. The summed E-state index contributed by atoms with van der Waals surface area (Å²) in [5, 5.41) is 0. The number of carbonyl (C=O) groups is 1. The van der Waals surface area contributed by atoms with Crippen LogP contribution < -0.4 is 9.47 Å². The second kappa shape index (κ2) is 7.39. The molecule has 1 saturated heterocycles. The number of hydrogen-bond donors (Lipinski definition) is 0. The van der Waals surface area contributed by atoms with Crippen LogP contribution >= 0.6 is 0 Å². The summed E-state index contributed by atoms with van der Waals surface area (Å²) in [7, 11) is 3.31. The number of methoxy groups -OCH3 is 2. The lowest BCUT2D eigenvalue weighted by Crippen LogP contribution is -2.20. The van der Waals surface area contributed by atoms with Crippen molar-refractivity contribution in [2.45, 2.75) is 12.8 Å². The van der Waals surface area contributed by atoms with Gasteiger partial charge < -0.3 is 14.2 Å². The molecule has 0 aliphatic carbocycles. The third-order valence-corrected chi connectivity index (χ3v) is 4.53. The molecule has 0 amide bonds. The fourth-order valence-corrected chi connectivity index (χ4v) is 3.21. The molecule has 0 N–H and O–H groups in total. The molecule has 0 radical (unpaired) electrons. The predicted molar refractivity (Wildman–Crippen MR) is 91.3 cm³/mol. The van der Waals surface area contributed by atoms with Gasteiger partial charge in [0.2, 0.25) is 0 Å². The number of rotatable bonds is 6. The van der Waals surface area contributed by atoms with Gasteiger partial charge in [-0.15, -0.1) is 0 Å². The van der Waals surface area contributed by atoms with E-state index >= 15 is 0 Å². The highest BCUT2D eigenvalue weighted by molar-refractivity contribution is 5.75. The molecular formula is C20H22O4. The number of carbonyl (C=O) groups excluding carboxylic acids is 1. The van der Waals surface area contributed by atoms with E-state index in [9.17, 15) is 4.79 Å². The van der Waals surface area contributed by atoms with Gasteiger partial charge in [-0.1, -0.05) is 24.3 Å². The highest BCUT2D eigenvalue weighted by atomic mass is 16.5. The van der Waals surface area contributed by atoms with Crippen LogP contribution in [0, 0.1) is 11.8 Å². The van der Waals surface area contributed by atoms with E-state index in [4.69, 9.17) is 14.2 Å². The molecule has 4 heteroatoms. The number of cyclic esters (lactones) is 1. The van der Waals surface area contributed by atoms with Gasteiger partial charge in [-0.2, -0.15) is 0 Å². The summed E-state index contributed by atoms with van der Waals surface area (Å²) in [6, 6.07) is 15.8. The first-order chi connectivity index (χ1) is 11.7. The number of esters is 1. The summed E-state index contributed by atoms with van der Waals surface area (Å²) in [6.07, 6.45) is 1.47. The zero-order valence-electron chi connectivity index (χ0n) is 14.0. The molecule has 1 aliphatic heterocycles. The summed E-state index contributed by atoms with van der Waals surface area (Å²) in [5.41, 5.74) is 2.25. The van der Waals surface area contributed by atoms with Crippen LogP contribution in [0.4, 0.5) is 0 Å². The third kappa shape index (κ3) is 3.70. The van der Waals surface area contributed by atoms with Crippen LogP contribution in [-0.2, 0) is 22.4 Å². The first kappa shape index (κ1) is 16.4. The molecule has 4 nitrogen and oxygen atoms in total. The van der Waals surface area contributed by atoms with Gasteiger partial charge in [0.15, 0.2) is 0 Å². The Balaban J connectivity index is 1.73. The van der Waals surface area contributed by atoms with Gasteiger partial charge in [0.1, 0.15) is 11.5 Å². The van der Waals surface area contributed by atoms with Gasteiger partial charge in [0.05, 0.1) is 26.7 Å². The molecular weight excluding hydrogens is 304 g/mol. The Morgan fingerprint density at radius 2 is 1.54 bits per heavy atom. The average Bonchev–Trinajstić information content (AvgIpc) is 2.95. The molecule has 0 aromatic heterocycles. The second-order valence-electron chi connectivity index (χ2n) is 6.11. The minimum Gasteiger partial charge on any atom is -0.497 e. The van der Waals surface area contributed by atoms with Crippen molar-refractivity contribution in [3.05, 3.63) is 59.7 Å². The van der Waals surface area contributed by atoms with Gasteiger partial charge >= 0.3 is 5.97 Å². The van der Waals surface area contributed by atoms with Gasteiger partial charge in [-0.05, 0) is 48.2 Å². The molecule has 24 heavy (non-hydrogen) atoms. The number of ether oxygens (including phenoxy) is 3. The van der Waals surface area contributed by atoms with Crippen LogP contribution in [0.1, 0.15) is 11.1 Å². The molecule has 1 heterocycles. The Hall–Kier alpha value is -2.49. The molecule has 0 bridgehead atoms. The molecule has 1 fully saturated rings. The Morgan fingerprint density at radius 3 is 2.12 bits per heavy atom. The van der Waals surface area contributed by atoms with Crippen LogP contribution in [0.2, 0.25) is 0 Å². The highest BCUT2D eigenvalue weighted by Gasteiger charge is 2.36. The maximum atomic E-state index is 12.2. The van der Waals surface area contributed by atoms with Crippen molar-refractivity contribution in [1.29, 1.82) is 0 Å². The van der Waals surface area contributed by atoms with Crippen LogP contribution in [0.15, 0.2) is 48.5 Å². The van der Waals surface area contributed by atoms with Gasteiger partial charge in [0.25, 0.3) is 0 Å². The molecule has 126 valence electrons. The fraction of sp³-hybridized carbons (Fsp3) is 0.350. The minimum absolute atomic E-state index is 0.106. The molecule has 3 rings (SSSR count). The third-order valence-electron chi connectivity index (χ3n) is 4.53. The molecule has 1 aliphatic rings. The molecule has 0 saturated carbocycles. The predicted octanol–water partition coefficient (Wildman–Crippen LogP) is 3.28. The van der Waals surface area contributed by atoms with Crippen molar-refractivity contribution in [1.82, 2.24) is 0 Å². The minimum atomic E-state index is -0.122. The maximum absolute atomic E-state index is 12.2. The molecule has 0 spiro atoms. The van der Waals surface area contributed by atoms with Gasteiger partial charge in [-0.3, -0.25) is 4.79 Å². The zero-order valence-corrected chi connectivity index (χ0v) is 14.0. The van der Waals surface area contributed by atoms with E-state index in [0.717, 1.165) is 29.0 Å². The number of hydrogen-bond acceptors (Lipinski definition) is 4. The van der Waals surface area contributed by atoms with E-state index in [1.54, 1.807) is 14.2 Å². The van der Waals surface area contributed by atoms with Crippen LogP contribution in [0.25, 0.3) is 0 Å². The lowest BCUT2D eigenvalue weighted by Gasteiger charge is -2.16. The normalized spacial score (nSPS) is 19.8. The van der Waals surface area contributed by atoms with Gasteiger partial charge in [-0.25, -0.2) is 0 Å². The largest absolute Gasteiger partial charge is 0.497 e. The smallest absolute Gasteiger partial charge is 0.309 e. The van der Waals surface area contributed by atoms with E-state index in [-0.39, 0.29) is 17.8 Å². The Kier molecular flexibility index (Phi) is 5.04. The van der Waals surface area contributed by atoms with Crippen molar-refractivity contribution in [2.75, 3.05) is 20.8 Å². The summed E-state index contributed by atoms with van der Waals surface area (Å²) in [5.74, 6) is 1.59. The fourth-order valence-electron chi connectivity index (χ4n) is 3.21. The van der Waals surface area contributed by atoms with Crippen molar-refractivity contribution in [2.24, 2.45) is 11.8 Å². The topological polar surface area (TPSA) is 44.8 Å². The SMILES string of the molecule is COc1cccc(C[C@@H]2COC(=O)[C@@H]2Cc2cccc(OC)c2)c1. The molecule has 2 aromatic carbocycles. The van der Waals surface area contributed by atoms with E-state index in [2.05, 4.69) is 6.07 Å². The van der Waals surface area contributed by atoms with Crippen LogP contribution in [0.5, 0.6) is 11.5 Å². The van der Waals surface area contributed by atoms with E-state index in [1.165, 1.54) is 0 Å². The quantitative estimate of drug-likeness (QED) is 0.764. The Labute approximate surface area is 142 Å². The number of benzene rings is 2. The zero-order chi connectivity index (χ0) is 16.9. The van der Waals surface area contributed by atoms with E-state index < -0.39 is 0 Å². The molecule has 0 unspecified atom stereocenters. The van der Waals surface area contributed by atoms with E-state index in [0.29, 0.717) is 13.0 Å². The lowest BCUT2D eigenvalue weighted by molar-refractivity contribution is -0.141. The van der Waals surface area contributed by atoms with Crippen molar-refractivity contribution < 1.29 is 19.0 Å². The summed E-state index contributed by atoms with van der Waals surface area (Å²) in [4.78, 5) is 12.2. The molecule has 2 aromatic rings. The highest BCUT2D eigenvalue weighted by Crippen LogP contribution is 2.30. The summed E-state index contributed by atoms with van der Waals surface area (Å²) in [6.45, 7) is 0.477. The first-order valence-electron chi connectivity index (χ1n) is 8.12. The summed E-state index contributed by atoms with van der Waals surface area (Å²) < 4.78 is 15.9. The standard InChI is InChI=1S/C20H22O4/c1-22-17-7-3-5-14(10-17)9-16-13-24-20(21)19(16)12-15-6-4-8-18(11-15)23-2/h3-8,10-11,16,19H,9,12-13H2,1-2H3/t16-,19-/m1/s1. The first-order valence-corrected chi connectivity index (χ1v) is 8.12. The molecule has 2 atom stereocenters. The average molecular weight is 326 g/mol. The van der Waals surface area contributed by atoms with Crippen LogP contribution in [-0.4, -0.2) is 26.8 Å². The van der Waals surface area contributed by atoms with Crippen molar-refractivity contribution in [3.63, 3.8) is 0 Å². The van der Waals surface area contributed by atoms with Gasteiger partial charge in [0, 0.05) is 5.92 Å². The Morgan fingerprint density at radius 1 is 0.958 bits per heavy atom. The van der Waals surface area contributed by atoms with Crippen molar-refractivity contribution >= 4 is 5.97 Å². The summed E-state index contributed by atoms with van der Waals surface area (Å²) >= 11 is 0. The lowest BCUT2D eigenvalue weighted by atomic mass is 9.85. The Bertz CT molecular complexity index is 710. The van der Waals surface area contributed by atoms with Crippen LogP contribution in [0.3, 0.4) is 0 Å². The van der Waals surface area contributed by atoms with Crippen molar-refractivity contribution in [3.8, 4) is 11.5 Å². The second-order valence-corrected chi connectivity index (χ2v) is 6.11. The monoisotopic (exact) mass is 326 g/mol.